The summed E-state index contributed by atoms with van der Waals surface area (Å²) in [6, 6.07) is 17.0. The molecule has 1 aliphatic rings. The van der Waals surface area contributed by atoms with Gasteiger partial charge in [-0.3, -0.25) is 4.79 Å². The first kappa shape index (κ1) is 16.7. The number of hydrogen-bond acceptors (Lipinski definition) is 3. The maximum atomic E-state index is 13.2. The van der Waals surface area contributed by atoms with Gasteiger partial charge in [0.25, 0.3) is 0 Å². The second-order valence-corrected chi connectivity index (χ2v) is 8.07. The van der Waals surface area contributed by atoms with Crippen molar-refractivity contribution in [2.75, 3.05) is 13.1 Å². The molecule has 24 heavy (non-hydrogen) atoms. The maximum absolute atomic E-state index is 13.2. The topological polar surface area (TPSA) is 54.5 Å². The first-order valence-corrected chi connectivity index (χ1v) is 9.78. The highest BCUT2D eigenvalue weighted by atomic mass is 32.2. The highest BCUT2D eigenvalue weighted by molar-refractivity contribution is 7.92. The van der Waals surface area contributed by atoms with E-state index < -0.39 is 15.1 Å². The number of benzene rings is 2. The van der Waals surface area contributed by atoms with Crippen molar-refractivity contribution in [3.05, 3.63) is 66.2 Å². The van der Waals surface area contributed by atoms with E-state index in [0.717, 1.165) is 19.3 Å². The molecule has 1 atom stereocenters. The quantitative estimate of drug-likeness (QED) is 0.856. The minimum atomic E-state index is -3.79. The fourth-order valence-electron chi connectivity index (χ4n) is 3.11. The minimum Gasteiger partial charge on any atom is -0.341 e. The van der Waals surface area contributed by atoms with Crippen molar-refractivity contribution in [3.63, 3.8) is 0 Å². The van der Waals surface area contributed by atoms with E-state index >= 15 is 0 Å². The van der Waals surface area contributed by atoms with Gasteiger partial charge < -0.3 is 4.90 Å². The van der Waals surface area contributed by atoms with Crippen molar-refractivity contribution in [2.24, 2.45) is 0 Å². The third-order valence-electron chi connectivity index (χ3n) is 4.38. The molecule has 0 saturated carbocycles. The van der Waals surface area contributed by atoms with E-state index in [0.29, 0.717) is 18.7 Å². The molecule has 0 N–H and O–H groups in total. The van der Waals surface area contributed by atoms with Crippen LogP contribution in [0.3, 0.4) is 0 Å². The number of nitrogens with zero attached hydrogens (tertiary/aromatic N) is 1. The van der Waals surface area contributed by atoms with Crippen LogP contribution in [0.1, 0.15) is 30.1 Å². The molecule has 3 rings (SSSR count). The van der Waals surface area contributed by atoms with Gasteiger partial charge in [0.1, 0.15) is 0 Å². The molecule has 126 valence electrons. The lowest BCUT2D eigenvalue weighted by Crippen LogP contribution is -2.41. The van der Waals surface area contributed by atoms with Crippen LogP contribution >= 0.6 is 0 Å². The van der Waals surface area contributed by atoms with E-state index in [-0.39, 0.29) is 10.8 Å². The Labute approximate surface area is 143 Å². The van der Waals surface area contributed by atoms with Gasteiger partial charge in [-0.2, -0.15) is 0 Å². The van der Waals surface area contributed by atoms with Crippen molar-refractivity contribution < 1.29 is 13.2 Å². The molecule has 1 amide bonds. The van der Waals surface area contributed by atoms with E-state index in [9.17, 15) is 13.2 Å². The van der Waals surface area contributed by atoms with E-state index in [1.165, 1.54) is 0 Å². The summed E-state index contributed by atoms with van der Waals surface area (Å²) < 4.78 is 26.3. The van der Waals surface area contributed by atoms with Crippen molar-refractivity contribution in [1.82, 2.24) is 4.90 Å². The summed E-state index contributed by atoms with van der Waals surface area (Å²) in [6.45, 7) is 1.26. The largest absolute Gasteiger partial charge is 0.341 e. The van der Waals surface area contributed by atoms with Crippen LogP contribution in [0.5, 0.6) is 0 Å². The van der Waals surface area contributed by atoms with Gasteiger partial charge in [-0.25, -0.2) is 8.42 Å². The standard InChI is InChI=1S/C19H21NO3S/c21-19(20-14-8-3-9-15-20)18(16-10-4-1-5-11-16)24(22,23)17-12-6-2-7-13-17/h1-2,4-7,10-13,18H,3,8-9,14-15H2/t18-/m1/s1. The van der Waals surface area contributed by atoms with Gasteiger partial charge in [-0.1, -0.05) is 48.5 Å². The van der Waals surface area contributed by atoms with Crippen LogP contribution < -0.4 is 0 Å². The molecule has 0 unspecified atom stereocenters. The van der Waals surface area contributed by atoms with E-state index in [4.69, 9.17) is 0 Å². The highest BCUT2D eigenvalue weighted by Gasteiger charge is 2.38. The monoisotopic (exact) mass is 343 g/mol. The predicted octanol–water partition coefficient (Wildman–Crippen LogP) is 3.21. The Morgan fingerprint density at radius 3 is 1.96 bits per heavy atom. The first-order valence-electron chi connectivity index (χ1n) is 8.23. The van der Waals surface area contributed by atoms with Crippen LogP contribution in [-0.4, -0.2) is 32.3 Å². The summed E-state index contributed by atoms with van der Waals surface area (Å²) in [5, 5.41) is -1.18. The van der Waals surface area contributed by atoms with Crippen LogP contribution in [0.4, 0.5) is 0 Å². The van der Waals surface area contributed by atoms with E-state index in [1.807, 2.05) is 6.07 Å². The number of rotatable bonds is 4. The Hall–Kier alpha value is -2.14. The number of hydrogen-bond donors (Lipinski definition) is 0. The lowest BCUT2D eigenvalue weighted by Gasteiger charge is -2.30. The van der Waals surface area contributed by atoms with Gasteiger partial charge in [0.2, 0.25) is 5.91 Å². The fraction of sp³-hybridized carbons (Fsp3) is 0.316. The van der Waals surface area contributed by atoms with Gasteiger partial charge >= 0.3 is 0 Å². The molecule has 1 saturated heterocycles. The molecule has 2 aromatic carbocycles. The SMILES string of the molecule is O=C([C@@H](c1ccccc1)S(=O)(=O)c1ccccc1)N1CCCCC1. The van der Waals surface area contributed by atoms with Crippen LogP contribution in [0.2, 0.25) is 0 Å². The average Bonchev–Trinajstić information content (AvgIpc) is 2.64. The summed E-state index contributed by atoms with van der Waals surface area (Å²) in [4.78, 5) is 14.9. The second kappa shape index (κ2) is 7.18. The second-order valence-electron chi connectivity index (χ2n) is 6.03. The van der Waals surface area contributed by atoms with Crippen molar-refractivity contribution in [3.8, 4) is 0 Å². The van der Waals surface area contributed by atoms with Crippen LogP contribution in [-0.2, 0) is 14.6 Å². The van der Waals surface area contributed by atoms with Gasteiger partial charge in [0.05, 0.1) is 4.90 Å². The Morgan fingerprint density at radius 2 is 1.38 bits per heavy atom. The zero-order valence-electron chi connectivity index (χ0n) is 13.5. The van der Waals surface area contributed by atoms with Gasteiger partial charge in [-0.05, 0) is 37.0 Å². The van der Waals surface area contributed by atoms with Crippen molar-refractivity contribution in [2.45, 2.75) is 29.4 Å². The summed E-state index contributed by atoms with van der Waals surface area (Å²) in [6.07, 6.45) is 2.95. The molecular weight excluding hydrogens is 322 g/mol. The lowest BCUT2D eigenvalue weighted by atomic mass is 10.1. The van der Waals surface area contributed by atoms with Gasteiger partial charge in [0, 0.05) is 13.1 Å². The average molecular weight is 343 g/mol. The Kier molecular flexibility index (Phi) is 5.00. The third-order valence-corrected chi connectivity index (χ3v) is 6.40. The number of sulfone groups is 1. The lowest BCUT2D eigenvalue weighted by molar-refractivity contribution is -0.131. The molecule has 2 aromatic rings. The third kappa shape index (κ3) is 3.36. The number of carbonyl (C=O) groups is 1. The maximum Gasteiger partial charge on any atom is 0.245 e. The van der Waals surface area contributed by atoms with Crippen LogP contribution in [0, 0.1) is 0 Å². The summed E-state index contributed by atoms with van der Waals surface area (Å²) >= 11 is 0. The molecule has 1 heterocycles. The van der Waals surface area contributed by atoms with E-state index in [1.54, 1.807) is 59.5 Å². The zero-order chi connectivity index (χ0) is 17.0. The summed E-state index contributed by atoms with van der Waals surface area (Å²) in [5.74, 6) is -0.315. The molecule has 5 heteroatoms. The molecule has 1 aliphatic heterocycles. The molecular formula is C19H21NO3S. The highest BCUT2D eigenvalue weighted by Crippen LogP contribution is 2.31. The molecule has 0 aromatic heterocycles. The van der Waals surface area contributed by atoms with Gasteiger partial charge in [0.15, 0.2) is 15.1 Å². The fourth-order valence-corrected chi connectivity index (χ4v) is 4.85. The van der Waals surface area contributed by atoms with Crippen molar-refractivity contribution >= 4 is 15.7 Å². The van der Waals surface area contributed by atoms with Crippen LogP contribution in [0.25, 0.3) is 0 Å². The molecule has 1 fully saturated rings. The first-order chi connectivity index (χ1) is 11.6. The normalized spacial score (nSPS) is 16.6. The molecule has 0 radical (unpaired) electrons. The molecule has 0 bridgehead atoms. The van der Waals surface area contributed by atoms with Gasteiger partial charge in [-0.15, -0.1) is 0 Å². The summed E-state index contributed by atoms with van der Waals surface area (Å²) in [5.41, 5.74) is 0.525. The Morgan fingerprint density at radius 1 is 0.833 bits per heavy atom. The number of amides is 1. The zero-order valence-corrected chi connectivity index (χ0v) is 14.3. The smallest absolute Gasteiger partial charge is 0.245 e. The number of likely N-dealkylation sites (tertiary alicyclic amines) is 1. The summed E-state index contributed by atoms with van der Waals surface area (Å²) in [7, 11) is -3.79. The minimum absolute atomic E-state index is 0.184. The molecule has 4 nitrogen and oxygen atoms in total. The van der Waals surface area contributed by atoms with E-state index in [2.05, 4.69) is 0 Å². The number of piperidine rings is 1. The Balaban J connectivity index is 2.04. The van der Waals surface area contributed by atoms with Crippen LogP contribution in [0.15, 0.2) is 65.6 Å². The Bertz CT molecular complexity index is 782. The predicted molar refractivity (Wildman–Crippen MR) is 93.2 cm³/mol. The number of carbonyl (C=O) groups excluding carboxylic acids is 1. The molecule has 0 spiro atoms. The molecule has 0 aliphatic carbocycles. The van der Waals surface area contributed by atoms with Crippen molar-refractivity contribution in [1.29, 1.82) is 0 Å².